The first-order valence-corrected chi connectivity index (χ1v) is 10.3. The van der Waals surface area contributed by atoms with E-state index in [1.165, 1.54) is 0 Å². The second-order valence-corrected chi connectivity index (χ2v) is 8.29. The monoisotopic (exact) mass is 430 g/mol. The lowest BCUT2D eigenvalue weighted by molar-refractivity contribution is 0.101. The van der Waals surface area contributed by atoms with E-state index in [1.54, 1.807) is 41.7 Å². The first-order valence-electron chi connectivity index (χ1n) is 8.62. The maximum Gasteiger partial charge on any atom is 0.232 e. The molecule has 3 nitrogen and oxygen atoms in total. The molecule has 28 heavy (non-hydrogen) atoms. The molecular weight excluding hydrogens is 415 g/mol. The highest BCUT2D eigenvalue weighted by atomic mass is 35.5. The van der Waals surface area contributed by atoms with Gasteiger partial charge in [-0.3, -0.25) is 4.79 Å². The zero-order chi connectivity index (χ0) is 19.8. The van der Waals surface area contributed by atoms with Crippen LogP contribution in [0, 0.1) is 13.8 Å². The molecule has 0 radical (unpaired) electrons. The Bertz CT molecular complexity index is 1110. The van der Waals surface area contributed by atoms with E-state index in [1.807, 2.05) is 31.4 Å². The quantitative estimate of drug-likeness (QED) is 0.423. The van der Waals surface area contributed by atoms with Crippen LogP contribution in [0.4, 0.5) is 0 Å². The normalized spacial score (nSPS) is 14.3. The van der Waals surface area contributed by atoms with E-state index in [0.717, 1.165) is 21.6 Å². The fourth-order valence-corrected chi connectivity index (χ4v) is 4.28. The van der Waals surface area contributed by atoms with Crippen molar-refractivity contribution >= 4 is 46.4 Å². The highest BCUT2D eigenvalue weighted by Crippen LogP contribution is 2.40. The minimum absolute atomic E-state index is 0.113. The third-order valence-corrected chi connectivity index (χ3v) is 6.15. The molecule has 1 aromatic heterocycles. The van der Waals surface area contributed by atoms with Crippen LogP contribution in [-0.2, 0) is 6.61 Å². The SMILES string of the molecule is Cc1ccsc1/C=C1\Oc2c(ccc(OCc3ccc(Cl)cc3Cl)c2C)C1=O. The van der Waals surface area contributed by atoms with Crippen molar-refractivity contribution < 1.29 is 14.3 Å². The molecule has 4 rings (SSSR count). The highest BCUT2D eigenvalue weighted by Gasteiger charge is 2.30. The maximum atomic E-state index is 12.7. The Balaban J connectivity index is 1.58. The summed E-state index contributed by atoms with van der Waals surface area (Å²) in [5.41, 5.74) is 3.28. The topological polar surface area (TPSA) is 35.5 Å². The largest absolute Gasteiger partial charge is 0.488 e. The average molecular weight is 431 g/mol. The minimum atomic E-state index is -0.113. The summed E-state index contributed by atoms with van der Waals surface area (Å²) in [6.45, 7) is 4.18. The predicted octanol–water partition coefficient (Wildman–Crippen LogP) is 6.87. The number of allylic oxidation sites excluding steroid dienone is 1. The van der Waals surface area contributed by atoms with Gasteiger partial charge in [-0.2, -0.15) is 0 Å². The summed E-state index contributed by atoms with van der Waals surface area (Å²) in [5, 5.41) is 3.12. The smallest absolute Gasteiger partial charge is 0.232 e. The molecule has 0 amide bonds. The van der Waals surface area contributed by atoms with Gasteiger partial charge in [-0.25, -0.2) is 0 Å². The molecule has 6 heteroatoms. The molecule has 0 atom stereocenters. The zero-order valence-corrected chi connectivity index (χ0v) is 17.5. The number of rotatable bonds is 4. The molecule has 1 aliphatic rings. The van der Waals surface area contributed by atoms with Crippen molar-refractivity contribution in [2.24, 2.45) is 0 Å². The second-order valence-electron chi connectivity index (χ2n) is 6.50. The molecule has 3 aromatic rings. The van der Waals surface area contributed by atoms with Crippen LogP contribution >= 0.6 is 34.5 Å². The van der Waals surface area contributed by atoms with Crippen LogP contribution in [0.25, 0.3) is 6.08 Å². The molecule has 0 saturated carbocycles. The van der Waals surface area contributed by atoms with E-state index in [-0.39, 0.29) is 5.78 Å². The van der Waals surface area contributed by atoms with Crippen molar-refractivity contribution in [1.82, 2.24) is 0 Å². The number of halogens is 2. The van der Waals surface area contributed by atoms with Gasteiger partial charge in [-0.05, 0) is 55.1 Å². The summed E-state index contributed by atoms with van der Waals surface area (Å²) in [5.74, 6) is 1.41. The predicted molar refractivity (Wildman–Crippen MR) is 114 cm³/mol. The van der Waals surface area contributed by atoms with Gasteiger partial charge in [0.15, 0.2) is 5.76 Å². The summed E-state index contributed by atoms with van der Waals surface area (Å²) in [6.07, 6.45) is 1.80. The van der Waals surface area contributed by atoms with Gasteiger partial charge < -0.3 is 9.47 Å². The van der Waals surface area contributed by atoms with E-state index < -0.39 is 0 Å². The van der Waals surface area contributed by atoms with Gasteiger partial charge in [-0.15, -0.1) is 11.3 Å². The standard InChI is InChI=1S/C22H16Cl2O3S/c1-12-7-8-28-20(12)10-19-21(25)16-5-6-18(13(2)22(16)27-19)26-11-14-3-4-15(23)9-17(14)24/h3-10H,11H2,1-2H3/b19-10-. The van der Waals surface area contributed by atoms with Crippen molar-refractivity contribution in [3.8, 4) is 11.5 Å². The third kappa shape index (κ3) is 3.55. The number of aryl methyl sites for hydroxylation is 1. The molecule has 2 heterocycles. The summed E-state index contributed by atoms with van der Waals surface area (Å²) in [7, 11) is 0. The molecule has 0 unspecified atom stereocenters. The number of ether oxygens (including phenoxy) is 2. The summed E-state index contributed by atoms with van der Waals surface area (Å²) in [4.78, 5) is 13.7. The molecule has 0 saturated heterocycles. The van der Waals surface area contributed by atoms with Crippen molar-refractivity contribution in [1.29, 1.82) is 0 Å². The molecule has 0 bridgehead atoms. The summed E-state index contributed by atoms with van der Waals surface area (Å²) >= 11 is 13.7. The fourth-order valence-electron chi connectivity index (χ4n) is 2.97. The molecule has 0 N–H and O–H groups in total. The first kappa shape index (κ1) is 19.1. The van der Waals surface area contributed by atoms with E-state index in [9.17, 15) is 4.79 Å². The number of hydrogen-bond acceptors (Lipinski definition) is 4. The van der Waals surface area contributed by atoms with Gasteiger partial charge in [0.05, 0.1) is 5.56 Å². The Kier molecular flexibility index (Phi) is 5.19. The van der Waals surface area contributed by atoms with Crippen molar-refractivity contribution in [2.45, 2.75) is 20.5 Å². The molecular formula is C22H16Cl2O3S. The zero-order valence-electron chi connectivity index (χ0n) is 15.2. The molecule has 0 fully saturated rings. The van der Waals surface area contributed by atoms with Crippen molar-refractivity contribution in [3.05, 3.63) is 84.7 Å². The van der Waals surface area contributed by atoms with Crippen LogP contribution in [0.2, 0.25) is 10.0 Å². The van der Waals surface area contributed by atoms with Gasteiger partial charge in [0, 0.05) is 32.1 Å². The number of Topliss-reactive ketones (excluding diaryl/α,β-unsaturated/α-hetero) is 1. The van der Waals surface area contributed by atoms with Gasteiger partial charge in [0.2, 0.25) is 5.78 Å². The Morgan fingerprint density at radius 2 is 1.96 bits per heavy atom. The Hall–Kier alpha value is -2.27. The van der Waals surface area contributed by atoms with Crippen LogP contribution in [0.1, 0.15) is 31.9 Å². The first-order chi connectivity index (χ1) is 13.4. The van der Waals surface area contributed by atoms with Crippen LogP contribution in [0.3, 0.4) is 0 Å². The molecule has 142 valence electrons. The van der Waals surface area contributed by atoms with Crippen LogP contribution in [0.5, 0.6) is 11.5 Å². The van der Waals surface area contributed by atoms with Gasteiger partial charge >= 0.3 is 0 Å². The van der Waals surface area contributed by atoms with Crippen LogP contribution in [-0.4, -0.2) is 5.78 Å². The van der Waals surface area contributed by atoms with Crippen molar-refractivity contribution in [3.63, 3.8) is 0 Å². The Morgan fingerprint density at radius 1 is 1.14 bits per heavy atom. The maximum absolute atomic E-state index is 12.7. The van der Waals surface area contributed by atoms with Gasteiger partial charge in [0.25, 0.3) is 0 Å². The van der Waals surface area contributed by atoms with Gasteiger partial charge in [0.1, 0.15) is 18.1 Å². The highest BCUT2D eigenvalue weighted by molar-refractivity contribution is 7.11. The Morgan fingerprint density at radius 3 is 2.68 bits per heavy atom. The second kappa shape index (κ2) is 7.63. The molecule has 0 aliphatic carbocycles. The number of benzene rings is 2. The van der Waals surface area contributed by atoms with Crippen molar-refractivity contribution in [2.75, 3.05) is 0 Å². The number of ketones is 1. The lowest BCUT2D eigenvalue weighted by Crippen LogP contribution is -1.99. The number of carbonyl (C=O) groups is 1. The van der Waals surface area contributed by atoms with Gasteiger partial charge in [-0.1, -0.05) is 29.3 Å². The molecule has 0 spiro atoms. The minimum Gasteiger partial charge on any atom is -0.488 e. The lowest BCUT2D eigenvalue weighted by Gasteiger charge is -2.12. The number of fused-ring (bicyclic) bond motifs is 1. The average Bonchev–Trinajstić information content (AvgIpc) is 3.20. The summed E-state index contributed by atoms with van der Waals surface area (Å²) < 4.78 is 11.8. The molecule has 1 aliphatic heterocycles. The Labute approximate surface area is 177 Å². The summed E-state index contributed by atoms with van der Waals surface area (Å²) in [6, 6.07) is 10.8. The third-order valence-electron chi connectivity index (χ3n) is 4.60. The number of thiophene rings is 1. The number of carbonyl (C=O) groups excluding carboxylic acids is 1. The van der Waals surface area contributed by atoms with E-state index in [4.69, 9.17) is 32.7 Å². The number of hydrogen-bond donors (Lipinski definition) is 0. The van der Waals surface area contributed by atoms with Crippen LogP contribution < -0.4 is 9.47 Å². The fraction of sp³-hybridized carbons (Fsp3) is 0.136. The van der Waals surface area contributed by atoms with Crippen LogP contribution in [0.15, 0.2) is 47.5 Å². The van der Waals surface area contributed by atoms with E-state index in [0.29, 0.717) is 39.5 Å². The molecule has 2 aromatic carbocycles. The van der Waals surface area contributed by atoms with E-state index in [2.05, 4.69) is 0 Å². The lowest BCUT2D eigenvalue weighted by atomic mass is 10.1. The van der Waals surface area contributed by atoms with E-state index >= 15 is 0 Å².